The van der Waals surface area contributed by atoms with Crippen molar-refractivity contribution >= 4 is 11.4 Å². The largest absolute Gasteiger partial charge is 0.397 e. The van der Waals surface area contributed by atoms with Crippen LogP contribution in [0.2, 0.25) is 0 Å². The number of hydrazine groups is 1. The molecule has 0 aliphatic rings. The number of hydrogen-bond donors (Lipinski definition) is 2. The fourth-order valence-electron chi connectivity index (χ4n) is 0.866. The number of nitrogens with zero attached hydrogens (tertiary/aromatic N) is 1. The minimum atomic E-state index is -0.298. The highest BCUT2D eigenvalue weighted by Crippen LogP contribution is 2.18. The fourth-order valence-corrected chi connectivity index (χ4v) is 0.866. The van der Waals surface area contributed by atoms with Crippen molar-refractivity contribution in [1.29, 1.82) is 0 Å². The zero-order chi connectivity index (χ0) is 9.14. The molecule has 0 aliphatic heterocycles. The van der Waals surface area contributed by atoms with Crippen LogP contribution in [-0.4, -0.2) is 19.1 Å². The Morgan fingerprint density at radius 3 is 2.67 bits per heavy atom. The van der Waals surface area contributed by atoms with Gasteiger partial charge in [0.2, 0.25) is 0 Å². The van der Waals surface area contributed by atoms with Gasteiger partial charge in [0, 0.05) is 20.2 Å². The third kappa shape index (κ3) is 2.10. The van der Waals surface area contributed by atoms with Crippen molar-refractivity contribution in [2.24, 2.45) is 0 Å². The Morgan fingerprint density at radius 1 is 1.42 bits per heavy atom. The minimum Gasteiger partial charge on any atom is -0.397 e. The summed E-state index contributed by atoms with van der Waals surface area (Å²) in [5, 5.41) is 1.70. The molecule has 0 heterocycles. The molecule has 0 spiro atoms. The molecule has 4 heteroatoms. The number of hydrogen-bond acceptors (Lipinski definition) is 3. The van der Waals surface area contributed by atoms with Gasteiger partial charge >= 0.3 is 0 Å². The van der Waals surface area contributed by atoms with Gasteiger partial charge in [-0.25, -0.2) is 9.40 Å². The lowest BCUT2D eigenvalue weighted by molar-refractivity contribution is 0.495. The molecule has 3 nitrogen and oxygen atoms in total. The Bertz CT molecular complexity index is 273. The van der Waals surface area contributed by atoms with Crippen LogP contribution in [0.5, 0.6) is 0 Å². The molecule has 0 unspecified atom stereocenters. The second kappa shape index (κ2) is 3.40. The predicted octanol–water partition coefficient (Wildman–Crippen LogP) is 1.30. The summed E-state index contributed by atoms with van der Waals surface area (Å²) in [5.41, 5.74) is 9.58. The highest BCUT2D eigenvalue weighted by molar-refractivity contribution is 5.65. The number of nitrogen functional groups attached to an aromatic ring is 1. The molecule has 0 atom stereocenters. The first-order valence-corrected chi connectivity index (χ1v) is 3.58. The molecule has 0 aliphatic carbocycles. The van der Waals surface area contributed by atoms with E-state index in [0.717, 1.165) is 0 Å². The van der Waals surface area contributed by atoms with Gasteiger partial charge in [0.15, 0.2) is 0 Å². The van der Waals surface area contributed by atoms with Crippen LogP contribution in [-0.2, 0) is 0 Å². The molecule has 0 amide bonds. The second-order valence-corrected chi connectivity index (χ2v) is 2.74. The molecule has 0 saturated carbocycles. The van der Waals surface area contributed by atoms with E-state index in [-0.39, 0.29) is 5.82 Å². The summed E-state index contributed by atoms with van der Waals surface area (Å²) in [5.74, 6) is -0.298. The monoisotopic (exact) mass is 169 g/mol. The van der Waals surface area contributed by atoms with Crippen LogP contribution in [0.4, 0.5) is 15.8 Å². The fraction of sp³-hybridized carbons (Fsp3) is 0.250. The van der Waals surface area contributed by atoms with E-state index in [1.54, 1.807) is 5.01 Å². The third-order valence-electron chi connectivity index (χ3n) is 1.36. The first kappa shape index (κ1) is 8.80. The maximum atomic E-state index is 12.7. The summed E-state index contributed by atoms with van der Waals surface area (Å²) in [6.45, 7) is 0. The average Bonchev–Trinajstić information content (AvgIpc) is 1.96. The lowest BCUT2D eigenvalue weighted by Gasteiger charge is -2.14. The average molecular weight is 169 g/mol. The Balaban J connectivity index is 2.90. The van der Waals surface area contributed by atoms with E-state index in [0.29, 0.717) is 11.4 Å². The molecule has 0 saturated heterocycles. The summed E-state index contributed by atoms with van der Waals surface area (Å²) in [6.07, 6.45) is 0. The van der Waals surface area contributed by atoms with Gasteiger partial charge in [-0.3, -0.25) is 0 Å². The summed E-state index contributed by atoms with van der Waals surface area (Å²) in [6, 6.07) is 4.21. The lowest BCUT2D eigenvalue weighted by Crippen LogP contribution is -2.20. The van der Waals surface area contributed by atoms with Gasteiger partial charge in [0.05, 0.1) is 11.4 Å². The van der Waals surface area contributed by atoms with Crippen LogP contribution in [0, 0.1) is 5.82 Å². The highest BCUT2D eigenvalue weighted by atomic mass is 19.1. The molecule has 12 heavy (non-hydrogen) atoms. The maximum absolute atomic E-state index is 12.7. The molecule has 1 aromatic rings. The number of nitrogens with one attached hydrogen (secondary N) is 1. The smallest absolute Gasteiger partial charge is 0.125 e. The summed E-state index contributed by atoms with van der Waals surface area (Å²) >= 11 is 0. The number of halogens is 1. The van der Waals surface area contributed by atoms with E-state index in [4.69, 9.17) is 5.73 Å². The van der Waals surface area contributed by atoms with E-state index in [2.05, 4.69) is 5.43 Å². The van der Waals surface area contributed by atoms with Crippen molar-refractivity contribution in [1.82, 2.24) is 5.01 Å². The maximum Gasteiger partial charge on any atom is 0.125 e. The van der Waals surface area contributed by atoms with Gasteiger partial charge in [0.25, 0.3) is 0 Å². The first-order chi connectivity index (χ1) is 5.59. The molecular weight excluding hydrogens is 157 g/mol. The van der Waals surface area contributed by atoms with Gasteiger partial charge in [0.1, 0.15) is 5.82 Å². The van der Waals surface area contributed by atoms with Crippen molar-refractivity contribution in [3.8, 4) is 0 Å². The Kier molecular flexibility index (Phi) is 2.50. The summed E-state index contributed by atoms with van der Waals surface area (Å²) in [7, 11) is 3.62. The highest BCUT2D eigenvalue weighted by Gasteiger charge is 2.00. The Labute approximate surface area is 70.9 Å². The van der Waals surface area contributed by atoms with Crippen molar-refractivity contribution < 1.29 is 4.39 Å². The van der Waals surface area contributed by atoms with Crippen LogP contribution in [0.15, 0.2) is 18.2 Å². The Hall–Kier alpha value is -1.29. The SMILES string of the molecule is CN(C)Nc1cc(F)ccc1N. The number of rotatable bonds is 2. The van der Waals surface area contributed by atoms with Crippen LogP contribution < -0.4 is 11.2 Å². The molecule has 3 N–H and O–H groups in total. The van der Waals surface area contributed by atoms with Crippen molar-refractivity contribution in [3.05, 3.63) is 24.0 Å². The minimum absolute atomic E-state index is 0.298. The molecule has 0 radical (unpaired) electrons. The van der Waals surface area contributed by atoms with E-state index in [9.17, 15) is 4.39 Å². The third-order valence-corrected chi connectivity index (χ3v) is 1.36. The standard InChI is InChI=1S/C8H12FN3/c1-12(2)11-8-5-6(9)3-4-7(8)10/h3-5,11H,10H2,1-2H3. The van der Waals surface area contributed by atoms with Crippen molar-refractivity contribution in [2.75, 3.05) is 25.3 Å². The molecule has 0 bridgehead atoms. The van der Waals surface area contributed by atoms with E-state index in [1.165, 1.54) is 18.2 Å². The zero-order valence-electron chi connectivity index (χ0n) is 7.13. The van der Waals surface area contributed by atoms with Gasteiger partial charge in [-0.15, -0.1) is 0 Å². The first-order valence-electron chi connectivity index (χ1n) is 3.58. The zero-order valence-corrected chi connectivity index (χ0v) is 7.13. The van der Waals surface area contributed by atoms with Gasteiger partial charge in [-0.2, -0.15) is 0 Å². The molecular formula is C8H12FN3. The topological polar surface area (TPSA) is 41.3 Å². The van der Waals surface area contributed by atoms with E-state index < -0.39 is 0 Å². The number of nitrogens with two attached hydrogens (primary N) is 1. The van der Waals surface area contributed by atoms with Crippen LogP contribution in [0.1, 0.15) is 0 Å². The quantitative estimate of drug-likeness (QED) is 0.518. The van der Waals surface area contributed by atoms with E-state index in [1.807, 2.05) is 14.1 Å². The molecule has 66 valence electrons. The lowest BCUT2D eigenvalue weighted by atomic mass is 10.3. The number of anilines is 2. The second-order valence-electron chi connectivity index (χ2n) is 2.74. The van der Waals surface area contributed by atoms with Gasteiger partial charge < -0.3 is 11.2 Å². The normalized spacial score (nSPS) is 10.3. The molecule has 1 rings (SSSR count). The number of benzene rings is 1. The van der Waals surface area contributed by atoms with E-state index >= 15 is 0 Å². The Morgan fingerprint density at radius 2 is 2.08 bits per heavy atom. The van der Waals surface area contributed by atoms with Crippen molar-refractivity contribution in [2.45, 2.75) is 0 Å². The van der Waals surface area contributed by atoms with Crippen molar-refractivity contribution in [3.63, 3.8) is 0 Å². The van der Waals surface area contributed by atoms with Gasteiger partial charge in [-0.05, 0) is 12.1 Å². The van der Waals surface area contributed by atoms with Crippen LogP contribution in [0.25, 0.3) is 0 Å². The predicted molar refractivity (Wildman–Crippen MR) is 48.1 cm³/mol. The summed E-state index contributed by atoms with van der Waals surface area (Å²) < 4.78 is 12.7. The van der Waals surface area contributed by atoms with Crippen LogP contribution >= 0.6 is 0 Å². The van der Waals surface area contributed by atoms with Crippen LogP contribution in [0.3, 0.4) is 0 Å². The molecule has 1 aromatic carbocycles. The summed E-state index contributed by atoms with van der Waals surface area (Å²) in [4.78, 5) is 0. The molecule has 0 aromatic heterocycles. The van der Waals surface area contributed by atoms with Gasteiger partial charge in [-0.1, -0.05) is 0 Å². The molecule has 0 fully saturated rings.